The van der Waals surface area contributed by atoms with Crippen molar-refractivity contribution in [2.24, 2.45) is 0 Å². The zero-order valence-electron chi connectivity index (χ0n) is 10.0. The summed E-state index contributed by atoms with van der Waals surface area (Å²) in [7, 11) is 0. The molecule has 0 spiro atoms. The van der Waals surface area contributed by atoms with Gasteiger partial charge in [-0.05, 0) is 44.0 Å². The summed E-state index contributed by atoms with van der Waals surface area (Å²) in [6.45, 7) is 1.48. The van der Waals surface area contributed by atoms with Crippen molar-refractivity contribution >= 4 is 5.91 Å². The molecule has 18 heavy (non-hydrogen) atoms. The number of hydrogen-bond donors (Lipinski definition) is 2. The van der Waals surface area contributed by atoms with Gasteiger partial charge in [-0.2, -0.15) is 0 Å². The average molecular weight is 254 g/mol. The maximum atomic E-state index is 13.3. The van der Waals surface area contributed by atoms with Gasteiger partial charge in [-0.3, -0.25) is 4.79 Å². The minimum Gasteiger partial charge on any atom is -0.352 e. The largest absolute Gasteiger partial charge is 0.352 e. The molecule has 1 aliphatic heterocycles. The lowest BCUT2D eigenvalue weighted by Crippen LogP contribution is -2.31. The Labute approximate surface area is 105 Å². The number of halogens is 2. The second kappa shape index (κ2) is 5.91. The minimum atomic E-state index is -0.701. The zero-order chi connectivity index (χ0) is 13.0. The van der Waals surface area contributed by atoms with Crippen molar-refractivity contribution in [3.05, 3.63) is 35.4 Å². The van der Waals surface area contributed by atoms with E-state index < -0.39 is 17.5 Å². The van der Waals surface area contributed by atoms with Crippen molar-refractivity contribution < 1.29 is 13.6 Å². The Morgan fingerprint density at radius 1 is 1.44 bits per heavy atom. The van der Waals surface area contributed by atoms with Crippen LogP contribution in [-0.2, 0) is 0 Å². The molecule has 0 aromatic heterocycles. The highest BCUT2D eigenvalue weighted by Crippen LogP contribution is 2.10. The molecular formula is C13H16F2N2O. The molecule has 1 unspecified atom stereocenters. The third kappa shape index (κ3) is 3.26. The topological polar surface area (TPSA) is 41.1 Å². The standard InChI is InChI=1S/C13H16F2N2O/c14-9-3-4-12(15)11(8-9)13(18)17-7-5-10-2-1-6-16-10/h3-4,8,10,16H,1-2,5-7H2,(H,17,18). The number of carbonyl (C=O) groups excluding carboxylic acids is 1. The van der Waals surface area contributed by atoms with Crippen LogP contribution in [0.25, 0.3) is 0 Å². The summed E-state index contributed by atoms with van der Waals surface area (Å²) in [6.07, 6.45) is 3.06. The fraction of sp³-hybridized carbons (Fsp3) is 0.462. The minimum absolute atomic E-state index is 0.241. The first-order chi connectivity index (χ1) is 8.66. The van der Waals surface area contributed by atoms with Crippen LogP contribution in [0.1, 0.15) is 29.6 Å². The van der Waals surface area contributed by atoms with E-state index in [0.717, 1.165) is 44.0 Å². The van der Waals surface area contributed by atoms with Gasteiger partial charge in [-0.1, -0.05) is 0 Å². The molecule has 0 bridgehead atoms. The van der Waals surface area contributed by atoms with Crippen LogP contribution in [0.2, 0.25) is 0 Å². The molecule has 1 saturated heterocycles. The van der Waals surface area contributed by atoms with E-state index in [1.54, 1.807) is 0 Å². The van der Waals surface area contributed by atoms with Crippen LogP contribution in [0, 0.1) is 11.6 Å². The van der Waals surface area contributed by atoms with Gasteiger partial charge >= 0.3 is 0 Å². The molecule has 2 N–H and O–H groups in total. The molecule has 98 valence electrons. The Morgan fingerprint density at radius 2 is 2.28 bits per heavy atom. The molecule has 1 heterocycles. The lowest BCUT2D eigenvalue weighted by atomic mass is 10.1. The zero-order valence-corrected chi connectivity index (χ0v) is 10.0. The van der Waals surface area contributed by atoms with Crippen molar-refractivity contribution in [1.29, 1.82) is 0 Å². The summed E-state index contributed by atoms with van der Waals surface area (Å²) in [4.78, 5) is 11.7. The second-order valence-electron chi connectivity index (χ2n) is 4.46. The SMILES string of the molecule is O=C(NCCC1CCCN1)c1cc(F)ccc1F. The highest BCUT2D eigenvalue weighted by atomic mass is 19.1. The van der Waals surface area contributed by atoms with Gasteiger partial charge < -0.3 is 10.6 Å². The Kier molecular flexibility index (Phi) is 4.25. The van der Waals surface area contributed by atoms with Gasteiger partial charge in [0.25, 0.3) is 5.91 Å². The molecule has 1 atom stereocenters. The number of benzene rings is 1. The monoisotopic (exact) mass is 254 g/mol. The molecular weight excluding hydrogens is 238 g/mol. The first-order valence-corrected chi connectivity index (χ1v) is 6.13. The van der Waals surface area contributed by atoms with Crippen molar-refractivity contribution in [1.82, 2.24) is 10.6 Å². The molecule has 2 rings (SSSR count). The lowest BCUT2D eigenvalue weighted by molar-refractivity contribution is 0.0948. The molecule has 1 amide bonds. The second-order valence-corrected chi connectivity index (χ2v) is 4.46. The number of hydrogen-bond acceptors (Lipinski definition) is 2. The van der Waals surface area contributed by atoms with Crippen molar-refractivity contribution in [2.75, 3.05) is 13.1 Å². The quantitative estimate of drug-likeness (QED) is 0.860. The number of amides is 1. The van der Waals surface area contributed by atoms with E-state index >= 15 is 0 Å². The molecule has 1 aromatic carbocycles. The third-order valence-electron chi connectivity index (χ3n) is 3.11. The third-order valence-corrected chi connectivity index (χ3v) is 3.11. The van der Waals surface area contributed by atoms with E-state index in [4.69, 9.17) is 0 Å². The van der Waals surface area contributed by atoms with Crippen molar-refractivity contribution in [3.63, 3.8) is 0 Å². The smallest absolute Gasteiger partial charge is 0.254 e. The lowest BCUT2D eigenvalue weighted by Gasteiger charge is -2.11. The van der Waals surface area contributed by atoms with Crippen LogP contribution in [0.4, 0.5) is 8.78 Å². The molecule has 0 saturated carbocycles. The fourth-order valence-corrected chi connectivity index (χ4v) is 2.13. The van der Waals surface area contributed by atoms with Crippen LogP contribution in [0.3, 0.4) is 0 Å². The van der Waals surface area contributed by atoms with Gasteiger partial charge in [0.2, 0.25) is 0 Å². The highest BCUT2D eigenvalue weighted by molar-refractivity contribution is 5.94. The normalized spacial score (nSPS) is 18.9. The Bertz CT molecular complexity index is 431. The van der Waals surface area contributed by atoms with E-state index in [-0.39, 0.29) is 5.56 Å². The number of carbonyl (C=O) groups is 1. The van der Waals surface area contributed by atoms with Crippen LogP contribution >= 0.6 is 0 Å². The highest BCUT2D eigenvalue weighted by Gasteiger charge is 2.15. The van der Waals surface area contributed by atoms with E-state index in [1.165, 1.54) is 0 Å². The van der Waals surface area contributed by atoms with Crippen LogP contribution < -0.4 is 10.6 Å². The van der Waals surface area contributed by atoms with Crippen molar-refractivity contribution in [3.8, 4) is 0 Å². The molecule has 0 aliphatic carbocycles. The van der Waals surface area contributed by atoms with Gasteiger partial charge in [0.15, 0.2) is 0 Å². The average Bonchev–Trinajstić information content (AvgIpc) is 2.85. The van der Waals surface area contributed by atoms with Crippen LogP contribution in [0.5, 0.6) is 0 Å². The summed E-state index contributed by atoms with van der Waals surface area (Å²) in [5, 5.41) is 5.91. The fourth-order valence-electron chi connectivity index (χ4n) is 2.13. The maximum Gasteiger partial charge on any atom is 0.254 e. The van der Waals surface area contributed by atoms with E-state index in [2.05, 4.69) is 10.6 Å². The molecule has 5 heteroatoms. The van der Waals surface area contributed by atoms with Crippen molar-refractivity contribution in [2.45, 2.75) is 25.3 Å². The van der Waals surface area contributed by atoms with Gasteiger partial charge in [0.1, 0.15) is 11.6 Å². The van der Waals surface area contributed by atoms with E-state index in [1.807, 2.05) is 0 Å². The summed E-state index contributed by atoms with van der Waals surface area (Å²) >= 11 is 0. The first kappa shape index (κ1) is 13.0. The predicted octanol–water partition coefficient (Wildman–Crippen LogP) is 1.84. The summed E-state index contributed by atoms with van der Waals surface area (Å²) in [6, 6.07) is 3.29. The molecule has 3 nitrogen and oxygen atoms in total. The van der Waals surface area contributed by atoms with Gasteiger partial charge in [-0.25, -0.2) is 8.78 Å². The number of nitrogens with one attached hydrogen (secondary N) is 2. The molecule has 1 aliphatic rings. The molecule has 1 aromatic rings. The molecule has 0 radical (unpaired) electrons. The van der Waals surface area contributed by atoms with E-state index in [0.29, 0.717) is 12.6 Å². The Morgan fingerprint density at radius 3 is 3.00 bits per heavy atom. The summed E-state index contributed by atoms with van der Waals surface area (Å²) in [5.41, 5.74) is -0.241. The predicted molar refractivity (Wildman–Crippen MR) is 64.3 cm³/mol. The van der Waals surface area contributed by atoms with E-state index in [9.17, 15) is 13.6 Å². The maximum absolute atomic E-state index is 13.3. The Balaban J connectivity index is 1.85. The van der Waals surface area contributed by atoms with Crippen LogP contribution in [0.15, 0.2) is 18.2 Å². The molecule has 1 fully saturated rings. The van der Waals surface area contributed by atoms with Gasteiger partial charge in [0.05, 0.1) is 5.56 Å². The van der Waals surface area contributed by atoms with Gasteiger partial charge in [0, 0.05) is 12.6 Å². The van der Waals surface area contributed by atoms with Gasteiger partial charge in [-0.15, -0.1) is 0 Å². The number of rotatable bonds is 4. The summed E-state index contributed by atoms with van der Waals surface area (Å²) < 4.78 is 26.2. The summed E-state index contributed by atoms with van der Waals surface area (Å²) in [5.74, 6) is -1.88. The Hall–Kier alpha value is -1.49. The first-order valence-electron chi connectivity index (χ1n) is 6.13. The van der Waals surface area contributed by atoms with Crippen LogP contribution in [-0.4, -0.2) is 25.0 Å².